The molecule has 0 unspecified atom stereocenters. The third-order valence-electron chi connectivity index (χ3n) is 6.17. The van der Waals surface area contributed by atoms with Crippen molar-refractivity contribution in [1.29, 1.82) is 0 Å². The van der Waals surface area contributed by atoms with Crippen molar-refractivity contribution in [3.05, 3.63) is 0 Å². The second-order valence-corrected chi connectivity index (χ2v) is 7.69. The Morgan fingerprint density at radius 2 is 1.24 bits per heavy atom. The van der Waals surface area contributed by atoms with Crippen LogP contribution in [-0.2, 0) is 0 Å². The molecule has 0 aromatic rings. The average Bonchev–Trinajstić information content (AvgIpc) is 2.29. The van der Waals surface area contributed by atoms with E-state index in [1.165, 1.54) is 65.4 Å². The highest BCUT2D eigenvalue weighted by molar-refractivity contribution is 4.98. The first kappa shape index (κ1) is 14.4. The normalized spacial score (nSPS) is 32.1. The lowest BCUT2D eigenvalue weighted by Crippen LogP contribution is -2.71. The molecule has 0 spiro atoms. The van der Waals surface area contributed by atoms with Crippen molar-refractivity contribution in [2.75, 3.05) is 65.4 Å². The summed E-state index contributed by atoms with van der Waals surface area (Å²) in [7, 11) is 0. The van der Waals surface area contributed by atoms with Crippen molar-refractivity contribution in [2.45, 2.75) is 38.0 Å². The minimum absolute atomic E-state index is 0.726. The topological polar surface area (TPSA) is 25.0 Å². The second-order valence-electron chi connectivity index (χ2n) is 7.69. The quantitative estimate of drug-likeness (QED) is 0.743. The number of hydrogen-bond donors (Lipinski definition) is 1. The molecule has 4 heterocycles. The zero-order valence-corrected chi connectivity index (χ0v) is 13.7. The Morgan fingerprint density at radius 1 is 0.714 bits per heavy atom. The lowest BCUT2D eigenvalue weighted by atomic mass is 9.99. The molecule has 120 valence electrons. The zero-order chi connectivity index (χ0) is 14.4. The molecule has 0 bridgehead atoms. The molecule has 1 N–H and O–H groups in total. The molecule has 0 radical (unpaired) electrons. The number of rotatable bonds is 4. The minimum Gasteiger partial charge on any atom is -0.314 e. The second kappa shape index (κ2) is 5.78. The molecule has 0 amide bonds. The van der Waals surface area contributed by atoms with Gasteiger partial charge in [-0.25, -0.2) is 0 Å². The van der Waals surface area contributed by atoms with Crippen LogP contribution in [0.2, 0.25) is 0 Å². The molecular formula is C16H31N5. The van der Waals surface area contributed by atoms with Gasteiger partial charge in [-0.3, -0.25) is 19.6 Å². The summed E-state index contributed by atoms with van der Waals surface area (Å²) in [4.78, 5) is 10.7. The zero-order valence-electron chi connectivity index (χ0n) is 13.7. The van der Waals surface area contributed by atoms with E-state index in [2.05, 4.69) is 38.8 Å². The van der Waals surface area contributed by atoms with Gasteiger partial charge in [0.2, 0.25) is 0 Å². The standard InChI is InChI=1S/C16H31N5/c1-13(2)20-9-15(10-20)18-3-5-19(6-4-18)16-11-21(12-16)14-7-17-8-14/h13-17H,3-12H2,1-2H3. The number of nitrogens with one attached hydrogen (secondary N) is 1. The summed E-state index contributed by atoms with van der Waals surface area (Å²) >= 11 is 0. The Bertz CT molecular complexity index is 350. The third-order valence-corrected chi connectivity index (χ3v) is 6.17. The van der Waals surface area contributed by atoms with Gasteiger partial charge in [0.15, 0.2) is 0 Å². The molecule has 4 rings (SSSR count). The molecule has 0 aromatic carbocycles. The van der Waals surface area contributed by atoms with Crippen LogP contribution in [0.3, 0.4) is 0 Å². The summed E-state index contributed by atoms with van der Waals surface area (Å²) in [5.41, 5.74) is 0. The van der Waals surface area contributed by atoms with Gasteiger partial charge < -0.3 is 5.32 Å². The Morgan fingerprint density at radius 3 is 1.67 bits per heavy atom. The molecule has 0 aromatic heterocycles. The van der Waals surface area contributed by atoms with Crippen LogP contribution >= 0.6 is 0 Å². The fraction of sp³-hybridized carbons (Fsp3) is 1.00. The first-order chi connectivity index (χ1) is 10.2. The number of likely N-dealkylation sites (tertiary alicyclic amines) is 2. The maximum Gasteiger partial charge on any atom is 0.0351 e. The maximum absolute atomic E-state index is 3.38. The van der Waals surface area contributed by atoms with Gasteiger partial charge in [-0.1, -0.05) is 0 Å². The predicted octanol–water partition coefficient (Wildman–Crippen LogP) is -0.647. The van der Waals surface area contributed by atoms with E-state index in [-0.39, 0.29) is 0 Å². The Balaban J connectivity index is 1.16. The van der Waals surface area contributed by atoms with E-state index in [1.807, 2.05) is 0 Å². The van der Waals surface area contributed by atoms with Crippen molar-refractivity contribution < 1.29 is 0 Å². The van der Waals surface area contributed by atoms with E-state index in [4.69, 9.17) is 0 Å². The van der Waals surface area contributed by atoms with Gasteiger partial charge >= 0.3 is 0 Å². The molecule has 0 saturated carbocycles. The van der Waals surface area contributed by atoms with Gasteiger partial charge in [0.1, 0.15) is 0 Å². The van der Waals surface area contributed by atoms with E-state index >= 15 is 0 Å². The number of piperazine rings is 1. The first-order valence-electron chi connectivity index (χ1n) is 8.87. The van der Waals surface area contributed by atoms with Crippen LogP contribution in [0.15, 0.2) is 0 Å². The highest BCUT2D eigenvalue weighted by atomic mass is 15.4. The Kier molecular flexibility index (Phi) is 3.96. The SMILES string of the molecule is CC(C)N1CC(N2CCN(C3CN(C4CNC4)C3)CC2)C1. The highest BCUT2D eigenvalue weighted by Gasteiger charge is 2.40. The Hall–Kier alpha value is -0.200. The van der Waals surface area contributed by atoms with E-state index < -0.39 is 0 Å². The summed E-state index contributed by atoms with van der Waals surface area (Å²) < 4.78 is 0. The monoisotopic (exact) mass is 293 g/mol. The largest absolute Gasteiger partial charge is 0.314 e. The highest BCUT2D eigenvalue weighted by Crippen LogP contribution is 2.23. The van der Waals surface area contributed by atoms with E-state index in [0.717, 1.165) is 24.2 Å². The summed E-state index contributed by atoms with van der Waals surface area (Å²) in [6, 6.07) is 3.26. The lowest BCUT2D eigenvalue weighted by molar-refractivity contribution is -0.0520. The van der Waals surface area contributed by atoms with Crippen LogP contribution < -0.4 is 5.32 Å². The molecule has 4 fully saturated rings. The van der Waals surface area contributed by atoms with E-state index in [9.17, 15) is 0 Å². The molecule has 0 aliphatic carbocycles. The van der Waals surface area contributed by atoms with Crippen molar-refractivity contribution in [2.24, 2.45) is 0 Å². The van der Waals surface area contributed by atoms with Crippen LogP contribution in [0.25, 0.3) is 0 Å². The van der Waals surface area contributed by atoms with Gasteiger partial charge in [-0.2, -0.15) is 0 Å². The molecule has 21 heavy (non-hydrogen) atoms. The van der Waals surface area contributed by atoms with Gasteiger partial charge in [0.25, 0.3) is 0 Å². The van der Waals surface area contributed by atoms with Crippen molar-refractivity contribution in [1.82, 2.24) is 24.9 Å². The average molecular weight is 293 g/mol. The van der Waals surface area contributed by atoms with Crippen LogP contribution in [-0.4, -0.2) is 109 Å². The van der Waals surface area contributed by atoms with Gasteiger partial charge in [0, 0.05) is 89.6 Å². The van der Waals surface area contributed by atoms with E-state index in [0.29, 0.717) is 0 Å². The van der Waals surface area contributed by atoms with Gasteiger partial charge in [0.05, 0.1) is 0 Å². The molecule has 5 nitrogen and oxygen atoms in total. The molecule has 4 aliphatic heterocycles. The number of nitrogens with zero attached hydrogens (tertiary/aromatic N) is 4. The summed E-state index contributed by atoms with van der Waals surface area (Å²) in [5.74, 6) is 0. The lowest BCUT2D eigenvalue weighted by Gasteiger charge is -2.54. The van der Waals surface area contributed by atoms with Gasteiger partial charge in [-0.05, 0) is 13.8 Å². The molecule has 4 aliphatic rings. The molecule has 5 heteroatoms. The minimum atomic E-state index is 0.726. The van der Waals surface area contributed by atoms with E-state index in [1.54, 1.807) is 0 Å². The molecule has 4 saturated heterocycles. The third kappa shape index (κ3) is 2.75. The van der Waals surface area contributed by atoms with Crippen LogP contribution in [0.5, 0.6) is 0 Å². The smallest absolute Gasteiger partial charge is 0.0351 e. The van der Waals surface area contributed by atoms with Gasteiger partial charge in [-0.15, -0.1) is 0 Å². The summed E-state index contributed by atoms with van der Waals surface area (Å²) in [5, 5.41) is 3.38. The summed E-state index contributed by atoms with van der Waals surface area (Å²) in [6.45, 7) is 17.4. The molecule has 0 atom stereocenters. The predicted molar refractivity (Wildman–Crippen MR) is 85.7 cm³/mol. The maximum atomic E-state index is 3.38. The van der Waals surface area contributed by atoms with Crippen LogP contribution in [0.1, 0.15) is 13.8 Å². The van der Waals surface area contributed by atoms with Crippen molar-refractivity contribution in [3.8, 4) is 0 Å². The number of hydrogen-bond acceptors (Lipinski definition) is 5. The van der Waals surface area contributed by atoms with Crippen LogP contribution in [0.4, 0.5) is 0 Å². The Labute approximate surface area is 129 Å². The fourth-order valence-electron chi connectivity index (χ4n) is 4.16. The van der Waals surface area contributed by atoms with Crippen LogP contribution in [0, 0.1) is 0 Å². The fourth-order valence-corrected chi connectivity index (χ4v) is 4.16. The first-order valence-corrected chi connectivity index (χ1v) is 8.87. The van der Waals surface area contributed by atoms with Crippen molar-refractivity contribution >= 4 is 0 Å². The van der Waals surface area contributed by atoms with Crippen molar-refractivity contribution in [3.63, 3.8) is 0 Å². The molecular weight excluding hydrogens is 262 g/mol. The summed E-state index contributed by atoms with van der Waals surface area (Å²) in [6.07, 6.45) is 0.